The highest BCUT2D eigenvalue weighted by Crippen LogP contribution is 1.99. The van der Waals surface area contributed by atoms with E-state index in [2.05, 4.69) is 15.6 Å². The van der Waals surface area contributed by atoms with Crippen LogP contribution < -0.4 is 16.2 Å². The van der Waals surface area contributed by atoms with Gasteiger partial charge in [0.15, 0.2) is 0 Å². The summed E-state index contributed by atoms with van der Waals surface area (Å²) in [6, 6.07) is 1.44. The van der Waals surface area contributed by atoms with Crippen molar-refractivity contribution in [3.8, 4) is 0 Å². The van der Waals surface area contributed by atoms with E-state index >= 15 is 0 Å². The lowest BCUT2D eigenvalue weighted by Gasteiger charge is -2.18. The van der Waals surface area contributed by atoms with Crippen molar-refractivity contribution in [1.82, 2.24) is 14.9 Å². The average molecular weight is 152 g/mol. The Balaban J connectivity index is 2.58. The summed E-state index contributed by atoms with van der Waals surface area (Å²) in [5.74, 6) is 0.635. The van der Waals surface area contributed by atoms with Gasteiger partial charge in [-0.1, -0.05) is 0 Å². The molecule has 2 N–H and O–H groups in total. The minimum atomic E-state index is -0.0327. The third-order valence-corrected chi connectivity index (χ3v) is 1.58. The predicted octanol–water partition coefficient (Wildman–Crippen LogP) is -0.827. The SMILES string of the molecule is O=c1ccnc2n1CNCN2. The fraction of sp³-hybridized carbons (Fsp3) is 0.333. The predicted molar refractivity (Wildman–Crippen MR) is 40.1 cm³/mol. The first-order valence-electron chi connectivity index (χ1n) is 3.38. The van der Waals surface area contributed by atoms with Crippen LogP contribution in [0.15, 0.2) is 17.1 Å². The van der Waals surface area contributed by atoms with Gasteiger partial charge in [-0.3, -0.25) is 14.7 Å². The van der Waals surface area contributed by atoms with Crippen molar-refractivity contribution in [3.63, 3.8) is 0 Å². The number of fused-ring (bicyclic) bond motifs is 1. The maximum atomic E-state index is 11.1. The van der Waals surface area contributed by atoms with E-state index in [-0.39, 0.29) is 5.56 Å². The van der Waals surface area contributed by atoms with Gasteiger partial charge in [0.2, 0.25) is 5.95 Å². The van der Waals surface area contributed by atoms with Crippen LogP contribution in [0, 0.1) is 0 Å². The van der Waals surface area contributed by atoms with E-state index in [1.54, 1.807) is 4.57 Å². The molecule has 0 bridgehead atoms. The van der Waals surface area contributed by atoms with Crippen LogP contribution in [0.25, 0.3) is 0 Å². The second-order valence-corrected chi connectivity index (χ2v) is 2.30. The zero-order valence-corrected chi connectivity index (χ0v) is 5.87. The molecule has 0 saturated carbocycles. The second kappa shape index (κ2) is 2.35. The monoisotopic (exact) mass is 152 g/mol. The van der Waals surface area contributed by atoms with Gasteiger partial charge < -0.3 is 5.32 Å². The highest BCUT2D eigenvalue weighted by molar-refractivity contribution is 5.25. The highest BCUT2D eigenvalue weighted by atomic mass is 16.1. The van der Waals surface area contributed by atoms with Gasteiger partial charge in [-0.25, -0.2) is 4.98 Å². The molecule has 0 radical (unpaired) electrons. The molecule has 11 heavy (non-hydrogen) atoms. The van der Waals surface area contributed by atoms with Crippen LogP contribution in [-0.2, 0) is 6.67 Å². The Bertz CT molecular complexity index is 319. The Morgan fingerprint density at radius 2 is 2.55 bits per heavy atom. The number of anilines is 1. The van der Waals surface area contributed by atoms with Crippen LogP contribution in [0.4, 0.5) is 5.95 Å². The number of rotatable bonds is 0. The summed E-state index contributed by atoms with van der Waals surface area (Å²) < 4.78 is 1.55. The summed E-state index contributed by atoms with van der Waals surface area (Å²) in [5, 5.41) is 5.94. The third-order valence-electron chi connectivity index (χ3n) is 1.58. The lowest BCUT2D eigenvalue weighted by molar-refractivity contribution is 0.526. The molecule has 0 amide bonds. The van der Waals surface area contributed by atoms with Gasteiger partial charge in [0.05, 0.1) is 13.3 Å². The van der Waals surface area contributed by atoms with E-state index < -0.39 is 0 Å². The number of aromatic nitrogens is 2. The van der Waals surface area contributed by atoms with Crippen molar-refractivity contribution in [2.24, 2.45) is 0 Å². The van der Waals surface area contributed by atoms with E-state index in [1.807, 2.05) is 0 Å². The largest absolute Gasteiger partial charge is 0.343 e. The van der Waals surface area contributed by atoms with E-state index in [9.17, 15) is 4.79 Å². The van der Waals surface area contributed by atoms with Crippen molar-refractivity contribution >= 4 is 5.95 Å². The first-order chi connectivity index (χ1) is 5.38. The fourth-order valence-corrected chi connectivity index (χ4v) is 1.04. The summed E-state index contributed by atoms with van der Waals surface area (Å²) in [4.78, 5) is 15.1. The highest BCUT2D eigenvalue weighted by Gasteiger charge is 2.07. The molecule has 0 unspecified atom stereocenters. The van der Waals surface area contributed by atoms with Crippen LogP contribution in [0.2, 0.25) is 0 Å². The molecule has 0 fully saturated rings. The van der Waals surface area contributed by atoms with Crippen LogP contribution in [-0.4, -0.2) is 16.2 Å². The Morgan fingerprint density at radius 1 is 1.64 bits per heavy atom. The molecular formula is C6H8N4O. The van der Waals surface area contributed by atoms with Crippen LogP contribution in [0.3, 0.4) is 0 Å². The van der Waals surface area contributed by atoms with Gasteiger partial charge in [0, 0.05) is 12.3 Å². The summed E-state index contributed by atoms with van der Waals surface area (Å²) in [7, 11) is 0. The van der Waals surface area contributed by atoms with E-state index in [0.29, 0.717) is 19.3 Å². The fourth-order valence-electron chi connectivity index (χ4n) is 1.04. The molecule has 58 valence electrons. The Labute approximate surface area is 63.1 Å². The molecule has 1 aliphatic rings. The van der Waals surface area contributed by atoms with E-state index in [1.165, 1.54) is 12.3 Å². The van der Waals surface area contributed by atoms with Gasteiger partial charge in [-0.15, -0.1) is 0 Å². The normalized spacial score (nSPS) is 15.3. The zero-order valence-electron chi connectivity index (χ0n) is 5.87. The Hall–Kier alpha value is -1.36. The van der Waals surface area contributed by atoms with Gasteiger partial charge >= 0.3 is 0 Å². The lowest BCUT2D eigenvalue weighted by Crippen LogP contribution is -2.38. The minimum absolute atomic E-state index is 0.0327. The van der Waals surface area contributed by atoms with E-state index in [0.717, 1.165) is 0 Å². The molecule has 5 nitrogen and oxygen atoms in total. The molecule has 0 spiro atoms. The smallest absolute Gasteiger partial charge is 0.255 e. The summed E-state index contributed by atoms with van der Waals surface area (Å²) >= 11 is 0. The summed E-state index contributed by atoms with van der Waals surface area (Å²) in [5.41, 5.74) is -0.0327. The Morgan fingerprint density at radius 3 is 3.36 bits per heavy atom. The average Bonchev–Trinajstić information content (AvgIpc) is 2.06. The van der Waals surface area contributed by atoms with Crippen molar-refractivity contribution in [1.29, 1.82) is 0 Å². The molecular weight excluding hydrogens is 144 g/mol. The number of nitrogens with one attached hydrogen (secondary N) is 2. The maximum absolute atomic E-state index is 11.1. The van der Waals surface area contributed by atoms with Crippen molar-refractivity contribution in [3.05, 3.63) is 22.6 Å². The van der Waals surface area contributed by atoms with Gasteiger partial charge in [-0.05, 0) is 0 Å². The summed E-state index contributed by atoms with van der Waals surface area (Å²) in [6.07, 6.45) is 1.51. The molecule has 2 rings (SSSR count). The first kappa shape index (κ1) is 6.36. The third kappa shape index (κ3) is 0.988. The van der Waals surface area contributed by atoms with E-state index in [4.69, 9.17) is 0 Å². The topological polar surface area (TPSA) is 59.0 Å². The van der Waals surface area contributed by atoms with Crippen molar-refractivity contribution < 1.29 is 0 Å². The quantitative estimate of drug-likeness (QED) is 0.509. The number of hydrogen-bond donors (Lipinski definition) is 2. The molecule has 0 aliphatic carbocycles. The van der Waals surface area contributed by atoms with Crippen molar-refractivity contribution in [2.45, 2.75) is 6.67 Å². The Kier molecular flexibility index (Phi) is 1.36. The molecule has 1 aromatic heterocycles. The zero-order chi connectivity index (χ0) is 7.68. The number of hydrogen-bond acceptors (Lipinski definition) is 4. The first-order valence-corrected chi connectivity index (χ1v) is 3.38. The summed E-state index contributed by atoms with van der Waals surface area (Å²) in [6.45, 7) is 1.20. The molecule has 0 aromatic carbocycles. The van der Waals surface area contributed by atoms with Crippen molar-refractivity contribution in [2.75, 3.05) is 12.0 Å². The van der Waals surface area contributed by atoms with Gasteiger partial charge in [-0.2, -0.15) is 0 Å². The molecule has 1 aliphatic heterocycles. The molecule has 0 atom stereocenters. The molecule has 1 aromatic rings. The molecule has 0 saturated heterocycles. The number of nitrogens with zero attached hydrogens (tertiary/aromatic N) is 2. The van der Waals surface area contributed by atoms with Gasteiger partial charge in [0.25, 0.3) is 5.56 Å². The minimum Gasteiger partial charge on any atom is -0.343 e. The van der Waals surface area contributed by atoms with Crippen LogP contribution in [0.1, 0.15) is 0 Å². The lowest BCUT2D eigenvalue weighted by atomic mass is 10.6. The second-order valence-electron chi connectivity index (χ2n) is 2.30. The maximum Gasteiger partial charge on any atom is 0.255 e. The molecule has 5 heteroatoms. The van der Waals surface area contributed by atoms with Gasteiger partial charge in [0.1, 0.15) is 0 Å². The van der Waals surface area contributed by atoms with Crippen LogP contribution in [0.5, 0.6) is 0 Å². The molecule has 2 heterocycles. The van der Waals surface area contributed by atoms with Crippen LogP contribution >= 0.6 is 0 Å². The standard InChI is InChI=1S/C6H8N4O/c11-5-1-2-8-6-9-3-7-4-10(5)6/h1-2,7H,3-4H2,(H,8,9).